The van der Waals surface area contributed by atoms with Gasteiger partial charge in [-0.05, 0) is 26.0 Å². The Morgan fingerprint density at radius 1 is 1.59 bits per heavy atom. The maximum atomic E-state index is 9.76. The third-order valence-electron chi connectivity index (χ3n) is 3.32. The van der Waals surface area contributed by atoms with E-state index in [2.05, 4.69) is 9.88 Å². The predicted octanol–water partition coefficient (Wildman–Crippen LogP) is 0.640. The van der Waals surface area contributed by atoms with E-state index in [1.807, 2.05) is 13.0 Å². The lowest BCUT2D eigenvalue weighted by atomic mass is 9.97. The first-order valence-corrected chi connectivity index (χ1v) is 5.80. The van der Waals surface area contributed by atoms with Gasteiger partial charge in [0.2, 0.25) is 0 Å². The molecule has 1 aromatic heterocycles. The van der Waals surface area contributed by atoms with Crippen LogP contribution in [0.2, 0.25) is 0 Å². The summed E-state index contributed by atoms with van der Waals surface area (Å²) in [7, 11) is 0. The van der Waals surface area contributed by atoms with Crippen molar-refractivity contribution in [2.24, 2.45) is 0 Å². The Hall–Kier alpha value is -1.33. The molecule has 2 heterocycles. The normalized spacial score (nSPS) is 26.9. The molecular formula is C12H19N3O2. The summed E-state index contributed by atoms with van der Waals surface area (Å²) in [4.78, 5) is 6.24. The number of ether oxygens (including phenoxy) is 1. The number of nitrogen functional groups attached to an aromatic ring is 1. The molecule has 1 fully saturated rings. The average Bonchev–Trinajstić information content (AvgIpc) is 2.30. The second-order valence-electron chi connectivity index (χ2n) is 4.70. The largest absolute Gasteiger partial charge is 0.390 e. The zero-order chi connectivity index (χ0) is 12.5. The van der Waals surface area contributed by atoms with Crippen molar-refractivity contribution in [3.8, 4) is 0 Å². The van der Waals surface area contributed by atoms with Gasteiger partial charge in [-0.3, -0.25) is 0 Å². The number of morpholine rings is 1. The number of nitrogens with zero attached hydrogens (tertiary/aromatic N) is 2. The van der Waals surface area contributed by atoms with Gasteiger partial charge in [0.05, 0.1) is 24.6 Å². The van der Waals surface area contributed by atoms with Crippen molar-refractivity contribution in [2.45, 2.75) is 25.6 Å². The highest BCUT2D eigenvalue weighted by Crippen LogP contribution is 2.25. The van der Waals surface area contributed by atoms with E-state index in [1.54, 1.807) is 19.2 Å². The van der Waals surface area contributed by atoms with Crippen molar-refractivity contribution in [3.05, 3.63) is 18.3 Å². The molecule has 1 saturated heterocycles. The smallest absolute Gasteiger partial charge is 0.123 e. The van der Waals surface area contributed by atoms with Crippen LogP contribution in [0.3, 0.4) is 0 Å². The highest BCUT2D eigenvalue weighted by atomic mass is 16.5. The van der Waals surface area contributed by atoms with Crippen LogP contribution in [0.4, 0.5) is 11.5 Å². The Morgan fingerprint density at radius 3 is 2.94 bits per heavy atom. The van der Waals surface area contributed by atoms with Gasteiger partial charge in [0.25, 0.3) is 0 Å². The van der Waals surface area contributed by atoms with Gasteiger partial charge >= 0.3 is 0 Å². The van der Waals surface area contributed by atoms with Gasteiger partial charge in [-0.1, -0.05) is 0 Å². The fraction of sp³-hybridized carbons (Fsp3) is 0.583. The van der Waals surface area contributed by atoms with Crippen LogP contribution in [0.25, 0.3) is 0 Å². The molecule has 0 radical (unpaired) electrons. The van der Waals surface area contributed by atoms with E-state index in [4.69, 9.17) is 10.5 Å². The molecule has 1 aliphatic heterocycles. The summed E-state index contributed by atoms with van der Waals surface area (Å²) in [6.07, 6.45) is 1.25. The van der Waals surface area contributed by atoms with Crippen molar-refractivity contribution in [3.63, 3.8) is 0 Å². The summed E-state index contributed by atoms with van der Waals surface area (Å²) in [6.45, 7) is 5.73. The molecule has 3 N–H and O–H groups in total. The zero-order valence-electron chi connectivity index (χ0n) is 10.3. The second kappa shape index (κ2) is 4.50. The lowest BCUT2D eigenvalue weighted by Crippen LogP contribution is -2.55. The first-order valence-electron chi connectivity index (χ1n) is 5.80. The number of rotatable bonds is 2. The zero-order valence-corrected chi connectivity index (χ0v) is 10.3. The summed E-state index contributed by atoms with van der Waals surface area (Å²) < 4.78 is 5.67. The lowest BCUT2D eigenvalue weighted by Gasteiger charge is -2.43. The summed E-state index contributed by atoms with van der Waals surface area (Å²) in [5.74, 6) is 0.514. The van der Waals surface area contributed by atoms with Crippen LogP contribution in [-0.4, -0.2) is 41.5 Å². The van der Waals surface area contributed by atoms with Gasteiger partial charge in [-0.25, -0.2) is 4.98 Å². The molecule has 2 unspecified atom stereocenters. The first kappa shape index (κ1) is 12.1. The van der Waals surface area contributed by atoms with Gasteiger partial charge < -0.3 is 20.5 Å². The van der Waals surface area contributed by atoms with Crippen LogP contribution < -0.4 is 10.6 Å². The molecule has 2 rings (SSSR count). The monoisotopic (exact) mass is 237 g/mol. The molecule has 17 heavy (non-hydrogen) atoms. The Labute approximate surface area is 101 Å². The van der Waals surface area contributed by atoms with Crippen molar-refractivity contribution in [1.82, 2.24) is 4.98 Å². The van der Waals surface area contributed by atoms with Crippen LogP contribution in [0.15, 0.2) is 18.3 Å². The van der Waals surface area contributed by atoms with Crippen LogP contribution in [0.5, 0.6) is 0 Å². The molecule has 5 heteroatoms. The number of aliphatic hydroxyl groups is 1. The van der Waals surface area contributed by atoms with E-state index in [1.165, 1.54) is 0 Å². The summed E-state index contributed by atoms with van der Waals surface area (Å²) in [6, 6.07) is 3.72. The molecular weight excluding hydrogens is 218 g/mol. The molecule has 0 aromatic carbocycles. The molecule has 5 nitrogen and oxygen atoms in total. The number of aromatic nitrogens is 1. The fourth-order valence-electron chi connectivity index (χ4n) is 1.95. The van der Waals surface area contributed by atoms with E-state index < -0.39 is 11.7 Å². The summed E-state index contributed by atoms with van der Waals surface area (Å²) in [5.41, 5.74) is 6.04. The van der Waals surface area contributed by atoms with E-state index in [0.717, 1.165) is 12.2 Å². The second-order valence-corrected chi connectivity index (χ2v) is 4.70. The Bertz CT molecular complexity index is 380. The maximum Gasteiger partial charge on any atom is 0.123 e. The Balaban J connectivity index is 2.15. The van der Waals surface area contributed by atoms with Gasteiger partial charge in [0, 0.05) is 13.1 Å². The number of hydrogen-bond donors (Lipinski definition) is 2. The number of hydrogen-bond acceptors (Lipinski definition) is 5. The minimum Gasteiger partial charge on any atom is -0.390 e. The summed E-state index contributed by atoms with van der Waals surface area (Å²) in [5, 5.41) is 9.76. The quantitative estimate of drug-likeness (QED) is 0.790. The van der Waals surface area contributed by atoms with Gasteiger partial charge in [0.1, 0.15) is 11.4 Å². The van der Waals surface area contributed by atoms with Gasteiger partial charge in [-0.2, -0.15) is 0 Å². The molecule has 0 spiro atoms. The summed E-state index contributed by atoms with van der Waals surface area (Å²) >= 11 is 0. The minimum absolute atomic E-state index is 0.507. The number of aliphatic hydroxyl groups excluding tert-OH is 1. The minimum atomic E-state index is -0.528. The lowest BCUT2D eigenvalue weighted by molar-refractivity contribution is -0.111. The van der Waals surface area contributed by atoms with Crippen LogP contribution in [0.1, 0.15) is 13.8 Å². The number of pyridine rings is 1. The van der Waals surface area contributed by atoms with Crippen LogP contribution in [-0.2, 0) is 4.74 Å². The predicted molar refractivity (Wildman–Crippen MR) is 66.9 cm³/mol. The third kappa shape index (κ3) is 2.50. The average molecular weight is 237 g/mol. The van der Waals surface area contributed by atoms with Gasteiger partial charge in [0.15, 0.2) is 0 Å². The third-order valence-corrected chi connectivity index (χ3v) is 3.32. The van der Waals surface area contributed by atoms with E-state index in [-0.39, 0.29) is 0 Å². The highest BCUT2D eigenvalue weighted by molar-refractivity contribution is 5.48. The SMILES string of the molecule is CC(O)C1(C)CN(c2ccc(N)nc2)CCO1. The van der Waals surface area contributed by atoms with E-state index in [0.29, 0.717) is 19.0 Å². The van der Waals surface area contributed by atoms with E-state index >= 15 is 0 Å². The standard InChI is InChI=1S/C12H19N3O2/c1-9(16)12(2)8-15(5-6-17-12)10-3-4-11(13)14-7-10/h3-4,7,9,16H,5-6,8H2,1-2H3,(H2,13,14). The van der Waals surface area contributed by atoms with E-state index in [9.17, 15) is 5.11 Å². The molecule has 2 atom stereocenters. The van der Waals surface area contributed by atoms with Gasteiger partial charge in [-0.15, -0.1) is 0 Å². The molecule has 0 bridgehead atoms. The number of nitrogens with two attached hydrogens (primary N) is 1. The molecule has 94 valence electrons. The molecule has 0 aliphatic carbocycles. The molecule has 0 amide bonds. The number of anilines is 2. The molecule has 1 aromatic rings. The first-order chi connectivity index (χ1) is 8.01. The van der Waals surface area contributed by atoms with Crippen molar-refractivity contribution >= 4 is 11.5 Å². The van der Waals surface area contributed by atoms with Crippen molar-refractivity contribution in [2.75, 3.05) is 30.3 Å². The van der Waals surface area contributed by atoms with Crippen molar-refractivity contribution < 1.29 is 9.84 Å². The van der Waals surface area contributed by atoms with Crippen LogP contribution in [0, 0.1) is 0 Å². The Kier molecular flexibility index (Phi) is 3.22. The van der Waals surface area contributed by atoms with Crippen molar-refractivity contribution in [1.29, 1.82) is 0 Å². The molecule has 0 saturated carbocycles. The Morgan fingerprint density at radius 2 is 2.35 bits per heavy atom. The molecule has 1 aliphatic rings. The topological polar surface area (TPSA) is 71.6 Å². The van der Waals surface area contributed by atoms with Crippen LogP contribution >= 0.6 is 0 Å². The maximum absolute atomic E-state index is 9.76. The highest BCUT2D eigenvalue weighted by Gasteiger charge is 2.36. The fourth-order valence-corrected chi connectivity index (χ4v) is 1.95.